The Morgan fingerprint density at radius 2 is 2.17 bits per heavy atom. The van der Waals surface area contributed by atoms with Crippen molar-refractivity contribution in [2.45, 2.75) is 64.3 Å². The number of guanidine groups is 1. The number of aliphatic imine (C=N–C) groups is 1. The Bertz CT molecular complexity index is 576. The van der Waals surface area contributed by atoms with Gasteiger partial charge in [0.25, 0.3) is 0 Å². The first-order valence-electron chi connectivity index (χ1n) is 8.30. The van der Waals surface area contributed by atoms with Crippen LogP contribution in [0.1, 0.15) is 48.2 Å². The zero-order chi connectivity index (χ0) is 16.8. The summed E-state index contributed by atoms with van der Waals surface area (Å²) in [6, 6.07) is 0.361. The van der Waals surface area contributed by atoms with Crippen molar-refractivity contribution in [1.82, 2.24) is 15.6 Å². The quantitative estimate of drug-likeness (QED) is 0.383. The molecule has 1 heterocycles. The van der Waals surface area contributed by atoms with Crippen LogP contribution in [0.25, 0.3) is 0 Å². The summed E-state index contributed by atoms with van der Waals surface area (Å²) in [5.74, 6) is 1.58. The maximum absolute atomic E-state index is 12.1. The van der Waals surface area contributed by atoms with E-state index in [-0.39, 0.29) is 24.0 Å². The summed E-state index contributed by atoms with van der Waals surface area (Å²) in [5.41, 5.74) is 1.09. The first kappa shape index (κ1) is 21.8. The van der Waals surface area contributed by atoms with E-state index in [4.69, 9.17) is 0 Å². The van der Waals surface area contributed by atoms with Crippen LogP contribution < -0.4 is 10.6 Å². The van der Waals surface area contributed by atoms with Gasteiger partial charge in [0.15, 0.2) is 5.96 Å². The fraction of sp³-hybridized carbons (Fsp3) is 0.750. The zero-order valence-corrected chi connectivity index (χ0v) is 18.9. The van der Waals surface area contributed by atoms with E-state index in [0.717, 1.165) is 54.6 Å². The fourth-order valence-corrected chi connectivity index (χ4v) is 5.26. The maximum Gasteiger partial charge on any atom is 0.191 e. The Morgan fingerprint density at radius 3 is 2.75 bits per heavy atom. The van der Waals surface area contributed by atoms with Crippen molar-refractivity contribution in [3.05, 3.63) is 15.6 Å². The normalized spacial score (nSPS) is 22.6. The number of nitrogens with one attached hydrogen (secondary N) is 2. The minimum absolute atomic E-state index is 0. The van der Waals surface area contributed by atoms with Gasteiger partial charge in [-0.15, -0.1) is 35.3 Å². The van der Waals surface area contributed by atoms with Gasteiger partial charge < -0.3 is 10.6 Å². The van der Waals surface area contributed by atoms with Crippen LogP contribution in [0.3, 0.4) is 0 Å². The molecular formula is C16H29IN4OS2. The van der Waals surface area contributed by atoms with E-state index in [1.165, 1.54) is 4.88 Å². The topological polar surface area (TPSA) is 66.4 Å². The SMILES string of the molecule is CCS(=O)C1CCCC(NC(=NC)NCc2sc(C)nc2C)C1.I. The van der Waals surface area contributed by atoms with Crippen molar-refractivity contribution in [1.29, 1.82) is 0 Å². The van der Waals surface area contributed by atoms with Crippen molar-refractivity contribution in [3.8, 4) is 0 Å². The Morgan fingerprint density at radius 1 is 1.42 bits per heavy atom. The molecule has 3 unspecified atom stereocenters. The second-order valence-corrected chi connectivity index (χ2v) is 9.26. The summed E-state index contributed by atoms with van der Waals surface area (Å²) in [6.45, 7) is 6.83. The molecule has 0 spiro atoms. The smallest absolute Gasteiger partial charge is 0.191 e. The van der Waals surface area contributed by atoms with Crippen LogP contribution in [0.4, 0.5) is 0 Å². The van der Waals surface area contributed by atoms with E-state index in [1.54, 1.807) is 18.4 Å². The first-order chi connectivity index (χ1) is 11.0. The summed E-state index contributed by atoms with van der Waals surface area (Å²) < 4.78 is 12.1. The summed E-state index contributed by atoms with van der Waals surface area (Å²) in [6.07, 6.45) is 4.32. The number of rotatable bonds is 5. The lowest BCUT2D eigenvalue weighted by molar-refractivity contribution is 0.413. The van der Waals surface area contributed by atoms with Gasteiger partial charge in [-0.25, -0.2) is 4.98 Å². The van der Waals surface area contributed by atoms with Gasteiger partial charge in [-0.3, -0.25) is 9.20 Å². The third kappa shape index (κ3) is 6.25. The molecule has 5 nitrogen and oxygen atoms in total. The summed E-state index contributed by atoms with van der Waals surface area (Å²) >= 11 is 1.72. The van der Waals surface area contributed by atoms with Crippen molar-refractivity contribution in [2.75, 3.05) is 12.8 Å². The minimum atomic E-state index is -0.692. The van der Waals surface area contributed by atoms with Gasteiger partial charge in [-0.2, -0.15) is 0 Å². The second kappa shape index (κ2) is 10.7. The number of aryl methyl sites for hydroxylation is 2. The van der Waals surface area contributed by atoms with Crippen LogP contribution in [-0.4, -0.2) is 39.2 Å². The van der Waals surface area contributed by atoms with Crippen LogP contribution >= 0.6 is 35.3 Å². The lowest BCUT2D eigenvalue weighted by Crippen LogP contribution is -2.46. The van der Waals surface area contributed by atoms with Gasteiger partial charge in [0.1, 0.15) is 0 Å². The molecule has 24 heavy (non-hydrogen) atoms. The van der Waals surface area contributed by atoms with Gasteiger partial charge in [0.2, 0.25) is 0 Å². The Balaban J connectivity index is 0.00000288. The highest BCUT2D eigenvalue weighted by Crippen LogP contribution is 2.23. The minimum Gasteiger partial charge on any atom is -0.354 e. The van der Waals surface area contributed by atoms with Gasteiger partial charge in [0, 0.05) is 39.8 Å². The van der Waals surface area contributed by atoms with E-state index in [1.807, 2.05) is 20.8 Å². The first-order valence-corrected chi connectivity index (χ1v) is 10.5. The molecule has 0 aromatic carbocycles. The number of aromatic nitrogens is 1. The Labute approximate surface area is 169 Å². The van der Waals surface area contributed by atoms with Crippen molar-refractivity contribution in [2.24, 2.45) is 4.99 Å². The largest absolute Gasteiger partial charge is 0.354 e. The van der Waals surface area contributed by atoms with Crippen LogP contribution in [0.2, 0.25) is 0 Å². The van der Waals surface area contributed by atoms with Crippen LogP contribution in [0.15, 0.2) is 4.99 Å². The van der Waals surface area contributed by atoms with Gasteiger partial charge in [0.05, 0.1) is 17.2 Å². The predicted molar refractivity (Wildman–Crippen MR) is 115 cm³/mol. The highest BCUT2D eigenvalue weighted by Gasteiger charge is 2.26. The average Bonchev–Trinajstić information content (AvgIpc) is 2.88. The highest BCUT2D eigenvalue weighted by molar-refractivity contribution is 14.0. The second-order valence-electron chi connectivity index (χ2n) is 5.97. The third-order valence-corrected chi connectivity index (χ3v) is 7.08. The number of hydrogen-bond donors (Lipinski definition) is 2. The van der Waals surface area contributed by atoms with Gasteiger partial charge in [-0.1, -0.05) is 13.3 Å². The summed E-state index contributed by atoms with van der Waals surface area (Å²) in [7, 11) is 1.10. The van der Waals surface area contributed by atoms with Crippen molar-refractivity contribution >= 4 is 52.1 Å². The molecular weight excluding hydrogens is 455 g/mol. The predicted octanol–water partition coefficient (Wildman–Crippen LogP) is 3.12. The maximum atomic E-state index is 12.1. The molecule has 3 atom stereocenters. The molecule has 0 amide bonds. The van der Waals surface area contributed by atoms with E-state index in [2.05, 4.69) is 20.6 Å². The molecule has 1 fully saturated rings. The molecule has 2 N–H and O–H groups in total. The highest BCUT2D eigenvalue weighted by atomic mass is 127. The molecule has 1 saturated carbocycles. The Kier molecular flexibility index (Phi) is 9.73. The van der Waals surface area contributed by atoms with E-state index >= 15 is 0 Å². The van der Waals surface area contributed by atoms with Gasteiger partial charge in [-0.05, 0) is 33.1 Å². The molecule has 0 saturated heterocycles. The molecule has 2 rings (SSSR count). The molecule has 1 aliphatic rings. The summed E-state index contributed by atoms with van der Waals surface area (Å²) in [5, 5.41) is 8.30. The molecule has 0 bridgehead atoms. The fourth-order valence-electron chi connectivity index (χ4n) is 3.04. The number of halogens is 1. The van der Waals surface area contributed by atoms with E-state index in [9.17, 15) is 4.21 Å². The zero-order valence-electron chi connectivity index (χ0n) is 14.9. The number of hydrogen-bond acceptors (Lipinski definition) is 4. The molecule has 1 aromatic rings. The van der Waals surface area contributed by atoms with E-state index < -0.39 is 10.8 Å². The monoisotopic (exact) mass is 484 g/mol. The van der Waals surface area contributed by atoms with Gasteiger partial charge >= 0.3 is 0 Å². The molecule has 0 radical (unpaired) electrons. The Hall–Kier alpha value is -0.220. The lowest BCUT2D eigenvalue weighted by atomic mass is 9.95. The van der Waals surface area contributed by atoms with E-state index in [0.29, 0.717) is 11.3 Å². The van der Waals surface area contributed by atoms with Crippen molar-refractivity contribution < 1.29 is 4.21 Å². The average molecular weight is 484 g/mol. The molecule has 1 aromatic heterocycles. The van der Waals surface area contributed by atoms with Crippen LogP contribution in [0, 0.1) is 13.8 Å². The lowest BCUT2D eigenvalue weighted by Gasteiger charge is -2.30. The molecule has 1 aliphatic carbocycles. The molecule has 138 valence electrons. The standard InChI is InChI=1S/C16H28N4OS2.HI/c1-5-23(21)14-8-6-7-13(9-14)20-16(17-4)18-10-15-11(2)19-12(3)22-15;/h13-14H,5-10H2,1-4H3,(H2,17,18,20);1H. The van der Waals surface area contributed by atoms with Crippen LogP contribution in [-0.2, 0) is 17.3 Å². The third-order valence-electron chi connectivity index (χ3n) is 4.26. The molecule has 0 aliphatic heterocycles. The number of thiazole rings is 1. The van der Waals surface area contributed by atoms with Crippen LogP contribution in [0.5, 0.6) is 0 Å². The molecule has 8 heteroatoms. The summed E-state index contributed by atoms with van der Waals surface area (Å²) in [4.78, 5) is 10.0. The van der Waals surface area contributed by atoms with Crippen molar-refractivity contribution in [3.63, 3.8) is 0 Å². The number of nitrogens with zero attached hydrogens (tertiary/aromatic N) is 2.